The Morgan fingerprint density at radius 3 is 2.50 bits per heavy atom. The predicted octanol–water partition coefficient (Wildman–Crippen LogP) is 3.27. The van der Waals surface area contributed by atoms with Crippen LogP contribution in [-0.2, 0) is 11.2 Å². The summed E-state index contributed by atoms with van der Waals surface area (Å²) in [6.45, 7) is 2.50. The van der Waals surface area contributed by atoms with Crippen LogP contribution in [0.2, 0.25) is 0 Å². The van der Waals surface area contributed by atoms with Gasteiger partial charge in [-0.2, -0.15) is 0 Å². The maximum Gasteiger partial charge on any atom is 0.223 e. The van der Waals surface area contributed by atoms with E-state index in [4.69, 9.17) is 0 Å². The van der Waals surface area contributed by atoms with Crippen molar-refractivity contribution in [1.82, 2.24) is 9.80 Å². The Morgan fingerprint density at radius 2 is 1.79 bits per heavy atom. The molecule has 1 fully saturated rings. The van der Waals surface area contributed by atoms with Gasteiger partial charge in [-0.1, -0.05) is 42.5 Å². The Kier molecular flexibility index (Phi) is 5.26. The van der Waals surface area contributed by atoms with E-state index >= 15 is 0 Å². The fourth-order valence-corrected chi connectivity index (χ4v) is 3.22. The second-order valence-electron chi connectivity index (χ2n) is 6.40. The molecule has 1 aliphatic rings. The van der Waals surface area contributed by atoms with Crippen LogP contribution < -0.4 is 0 Å². The summed E-state index contributed by atoms with van der Waals surface area (Å²) in [7, 11) is 2.09. The molecule has 3 rings (SSSR count). The Bertz CT molecular complexity index is 672. The second kappa shape index (κ2) is 7.58. The van der Waals surface area contributed by atoms with Gasteiger partial charge in [-0.3, -0.25) is 4.79 Å². The zero-order valence-electron chi connectivity index (χ0n) is 14.0. The second-order valence-corrected chi connectivity index (χ2v) is 6.40. The number of carbonyl (C=O) groups is 1. The molecule has 1 heterocycles. The molecular formula is C20H23FN2O. The van der Waals surface area contributed by atoms with Gasteiger partial charge in [0.05, 0.1) is 6.04 Å². The van der Waals surface area contributed by atoms with Crippen LogP contribution >= 0.6 is 0 Å². The Balaban J connectivity index is 1.68. The molecule has 0 aromatic heterocycles. The molecule has 126 valence electrons. The van der Waals surface area contributed by atoms with Gasteiger partial charge in [0, 0.05) is 26.1 Å². The molecule has 1 aliphatic heterocycles. The lowest BCUT2D eigenvalue weighted by atomic mass is 10.0. The number of nitrogens with zero attached hydrogens (tertiary/aromatic N) is 2. The predicted molar refractivity (Wildman–Crippen MR) is 93.1 cm³/mol. The van der Waals surface area contributed by atoms with Crippen molar-refractivity contribution in [3.05, 3.63) is 71.5 Å². The first kappa shape index (κ1) is 16.7. The molecular weight excluding hydrogens is 303 g/mol. The third kappa shape index (κ3) is 4.01. The minimum Gasteiger partial charge on any atom is -0.333 e. The number of piperazine rings is 1. The Labute approximate surface area is 142 Å². The third-order valence-electron chi connectivity index (χ3n) is 4.63. The van der Waals surface area contributed by atoms with E-state index in [1.807, 2.05) is 23.1 Å². The van der Waals surface area contributed by atoms with E-state index in [-0.39, 0.29) is 17.8 Å². The van der Waals surface area contributed by atoms with Crippen molar-refractivity contribution in [3.63, 3.8) is 0 Å². The van der Waals surface area contributed by atoms with E-state index in [1.54, 1.807) is 12.1 Å². The van der Waals surface area contributed by atoms with Crippen molar-refractivity contribution < 1.29 is 9.18 Å². The van der Waals surface area contributed by atoms with Crippen LogP contribution in [-0.4, -0.2) is 42.4 Å². The van der Waals surface area contributed by atoms with E-state index < -0.39 is 0 Å². The molecule has 0 radical (unpaired) electrons. The normalized spacial score (nSPS) is 18.6. The van der Waals surface area contributed by atoms with Gasteiger partial charge in [-0.25, -0.2) is 4.39 Å². The van der Waals surface area contributed by atoms with Crippen LogP contribution in [0.5, 0.6) is 0 Å². The number of hydrogen-bond acceptors (Lipinski definition) is 2. The standard InChI is InChI=1S/C20H23FN2O/c1-22-13-14-23(19(15-22)17-5-3-2-4-6-17)20(24)12-9-16-7-10-18(21)11-8-16/h2-8,10-11,19H,9,12-15H2,1H3/t19-/m1/s1. The van der Waals surface area contributed by atoms with Crippen molar-refractivity contribution in [1.29, 1.82) is 0 Å². The molecule has 0 unspecified atom stereocenters. The molecule has 0 aliphatic carbocycles. The SMILES string of the molecule is CN1CCN(C(=O)CCc2ccc(F)cc2)[C@@H](c2ccccc2)C1. The quantitative estimate of drug-likeness (QED) is 0.861. The summed E-state index contributed by atoms with van der Waals surface area (Å²) in [5.41, 5.74) is 2.18. The molecule has 0 saturated carbocycles. The van der Waals surface area contributed by atoms with E-state index in [0.717, 1.165) is 25.2 Å². The summed E-state index contributed by atoms with van der Waals surface area (Å²) in [4.78, 5) is 17.0. The van der Waals surface area contributed by atoms with Gasteiger partial charge in [-0.05, 0) is 36.7 Å². The van der Waals surface area contributed by atoms with Gasteiger partial charge in [0.25, 0.3) is 0 Å². The Hall–Kier alpha value is -2.20. The fraction of sp³-hybridized carbons (Fsp3) is 0.350. The number of amides is 1. The summed E-state index contributed by atoms with van der Waals surface area (Å²) in [5.74, 6) is -0.0745. The zero-order valence-corrected chi connectivity index (χ0v) is 14.0. The summed E-state index contributed by atoms with van der Waals surface area (Å²) in [6.07, 6.45) is 1.10. The first-order chi connectivity index (χ1) is 11.6. The molecule has 0 spiro atoms. The van der Waals surface area contributed by atoms with Crippen LogP contribution in [0.4, 0.5) is 4.39 Å². The van der Waals surface area contributed by atoms with Gasteiger partial charge >= 0.3 is 0 Å². The maximum absolute atomic E-state index is 13.0. The number of benzene rings is 2. The molecule has 1 saturated heterocycles. The van der Waals surface area contributed by atoms with E-state index in [0.29, 0.717) is 12.8 Å². The third-order valence-corrected chi connectivity index (χ3v) is 4.63. The average Bonchev–Trinajstić information content (AvgIpc) is 2.61. The van der Waals surface area contributed by atoms with Crippen LogP contribution in [0.25, 0.3) is 0 Å². The van der Waals surface area contributed by atoms with Crippen molar-refractivity contribution in [2.45, 2.75) is 18.9 Å². The molecule has 1 amide bonds. The lowest BCUT2D eigenvalue weighted by Gasteiger charge is -2.40. The molecule has 0 N–H and O–H groups in total. The van der Waals surface area contributed by atoms with Gasteiger partial charge in [0.2, 0.25) is 5.91 Å². The molecule has 2 aromatic rings. The highest BCUT2D eigenvalue weighted by Crippen LogP contribution is 2.25. The van der Waals surface area contributed by atoms with Gasteiger partial charge in [0.15, 0.2) is 0 Å². The molecule has 3 nitrogen and oxygen atoms in total. The van der Waals surface area contributed by atoms with Crippen molar-refractivity contribution in [3.8, 4) is 0 Å². The molecule has 0 bridgehead atoms. The minimum absolute atomic E-state index is 0.102. The largest absolute Gasteiger partial charge is 0.333 e. The van der Waals surface area contributed by atoms with Crippen molar-refractivity contribution in [2.75, 3.05) is 26.7 Å². The summed E-state index contributed by atoms with van der Waals surface area (Å²) < 4.78 is 13.0. The first-order valence-corrected chi connectivity index (χ1v) is 8.41. The smallest absolute Gasteiger partial charge is 0.223 e. The molecule has 1 atom stereocenters. The number of rotatable bonds is 4. The summed E-state index contributed by atoms with van der Waals surface area (Å²) in [6, 6.07) is 16.7. The van der Waals surface area contributed by atoms with Gasteiger partial charge < -0.3 is 9.80 Å². The monoisotopic (exact) mass is 326 g/mol. The van der Waals surface area contributed by atoms with E-state index in [9.17, 15) is 9.18 Å². The zero-order chi connectivity index (χ0) is 16.9. The van der Waals surface area contributed by atoms with Crippen LogP contribution in [0, 0.1) is 5.82 Å². The minimum atomic E-state index is -0.242. The van der Waals surface area contributed by atoms with Crippen LogP contribution in [0.3, 0.4) is 0 Å². The van der Waals surface area contributed by atoms with E-state index in [2.05, 4.69) is 24.1 Å². The molecule has 24 heavy (non-hydrogen) atoms. The lowest BCUT2D eigenvalue weighted by molar-refractivity contribution is -0.136. The molecule has 4 heteroatoms. The first-order valence-electron chi connectivity index (χ1n) is 8.41. The fourth-order valence-electron chi connectivity index (χ4n) is 3.22. The number of halogens is 1. The Morgan fingerprint density at radius 1 is 1.08 bits per heavy atom. The van der Waals surface area contributed by atoms with Gasteiger partial charge in [0.1, 0.15) is 5.82 Å². The summed E-state index contributed by atoms with van der Waals surface area (Å²) >= 11 is 0. The topological polar surface area (TPSA) is 23.6 Å². The number of aryl methyl sites for hydroxylation is 1. The van der Waals surface area contributed by atoms with Crippen LogP contribution in [0.15, 0.2) is 54.6 Å². The lowest BCUT2D eigenvalue weighted by Crippen LogP contribution is -2.49. The maximum atomic E-state index is 13.0. The average molecular weight is 326 g/mol. The van der Waals surface area contributed by atoms with Crippen molar-refractivity contribution in [2.24, 2.45) is 0 Å². The highest BCUT2D eigenvalue weighted by Gasteiger charge is 2.29. The number of likely N-dealkylation sites (N-methyl/N-ethyl adjacent to an activating group) is 1. The summed E-state index contributed by atoms with van der Waals surface area (Å²) in [5, 5.41) is 0. The number of hydrogen-bond donors (Lipinski definition) is 0. The molecule has 2 aromatic carbocycles. The highest BCUT2D eigenvalue weighted by molar-refractivity contribution is 5.77. The van der Waals surface area contributed by atoms with Crippen molar-refractivity contribution >= 4 is 5.91 Å². The van der Waals surface area contributed by atoms with Gasteiger partial charge in [-0.15, -0.1) is 0 Å². The number of carbonyl (C=O) groups excluding carboxylic acids is 1. The van der Waals surface area contributed by atoms with Crippen LogP contribution in [0.1, 0.15) is 23.6 Å². The van der Waals surface area contributed by atoms with E-state index in [1.165, 1.54) is 17.7 Å². The highest BCUT2D eigenvalue weighted by atomic mass is 19.1.